The van der Waals surface area contributed by atoms with E-state index in [1.165, 1.54) is 19.2 Å². The number of carbonyl (C=O) groups excluding carboxylic acids is 3. The van der Waals surface area contributed by atoms with Gasteiger partial charge < -0.3 is 15.0 Å². The Morgan fingerprint density at radius 3 is 2.64 bits per heavy atom. The molecule has 33 heavy (non-hydrogen) atoms. The van der Waals surface area contributed by atoms with Gasteiger partial charge in [0.2, 0.25) is 6.41 Å². The van der Waals surface area contributed by atoms with Gasteiger partial charge in [0.1, 0.15) is 11.6 Å². The molecule has 10 nitrogen and oxygen atoms in total. The third kappa shape index (κ3) is 7.46. The third-order valence-electron chi connectivity index (χ3n) is 5.70. The molecule has 1 aromatic heterocycles. The number of nitrogens with zero attached hydrogens (tertiary/aromatic N) is 4. The maximum atomic E-state index is 13.3. The number of hydrogen-bond acceptors (Lipinski definition) is 8. The Hall–Kier alpha value is -2.59. The van der Waals surface area contributed by atoms with Crippen LogP contribution >= 0.6 is 0 Å². The molecule has 0 aromatic carbocycles. The summed E-state index contributed by atoms with van der Waals surface area (Å²) < 4.78 is 5.10. The fraction of sp³-hybridized carbons (Fsp3) is 0.696. The van der Waals surface area contributed by atoms with E-state index >= 15 is 0 Å². The second kappa shape index (κ2) is 12.0. The maximum Gasteiger partial charge on any atom is 0.250 e. The van der Waals surface area contributed by atoms with Gasteiger partial charge in [0, 0.05) is 58.4 Å². The summed E-state index contributed by atoms with van der Waals surface area (Å²) in [6.45, 7) is 8.00. The van der Waals surface area contributed by atoms with Crippen LogP contribution < -0.4 is 5.32 Å². The number of rotatable bonds is 11. The van der Waals surface area contributed by atoms with Gasteiger partial charge in [0.25, 0.3) is 5.91 Å². The number of ether oxygens (including phenoxy) is 1. The molecular formula is C23H37N5O5. The lowest BCUT2D eigenvalue weighted by molar-refractivity contribution is -0.175. The highest BCUT2D eigenvalue weighted by molar-refractivity contribution is 6.00. The van der Waals surface area contributed by atoms with Crippen molar-refractivity contribution in [3.63, 3.8) is 0 Å². The minimum absolute atomic E-state index is 0.117. The Labute approximate surface area is 196 Å². The Morgan fingerprint density at radius 1 is 1.30 bits per heavy atom. The lowest BCUT2D eigenvalue weighted by Gasteiger charge is -2.36. The van der Waals surface area contributed by atoms with Crippen molar-refractivity contribution in [3.8, 4) is 0 Å². The molecule has 1 aliphatic heterocycles. The van der Waals surface area contributed by atoms with Crippen molar-refractivity contribution in [2.45, 2.75) is 45.4 Å². The van der Waals surface area contributed by atoms with E-state index in [1.807, 2.05) is 20.8 Å². The highest BCUT2D eigenvalue weighted by Crippen LogP contribution is 2.28. The van der Waals surface area contributed by atoms with Crippen molar-refractivity contribution in [3.05, 3.63) is 17.6 Å². The van der Waals surface area contributed by atoms with Crippen LogP contribution in [0.5, 0.6) is 0 Å². The molecule has 1 aromatic rings. The van der Waals surface area contributed by atoms with Crippen molar-refractivity contribution in [2.75, 3.05) is 52.8 Å². The Kier molecular flexibility index (Phi) is 9.72. The van der Waals surface area contributed by atoms with Crippen molar-refractivity contribution in [2.24, 2.45) is 11.8 Å². The molecular weight excluding hydrogens is 426 g/mol. The Bertz CT molecular complexity index is 826. The van der Waals surface area contributed by atoms with E-state index < -0.39 is 5.92 Å². The summed E-state index contributed by atoms with van der Waals surface area (Å²) >= 11 is 0. The first kappa shape index (κ1) is 26.7. The van der Waals surface area contributed by atoms with Crippen molar-refractivity contribution < 1.29 is 24.0 Å². The van der Waals surface area contributed by atoms with Crippen molar-refractivity contribution >= 4 is 23.9 Å². The van der Waals surface area contributed by atoms with Gasteiger partial charge in [0.05, 0.1) is 18.6 Å². The lowest BCUT2D eigenvalue weighted by atomic mass is 9.85. The quantitative estimate of drug-likeness (QED) is 0.229. The summed E-state index contributed by atoms with van der Waals surface area (Å²) in [4.78, 5) is 53.0. The van der Waals surface area contributed by atoms with Gasteiger partial charge in [0.15, 0.2) is 5.78 Å². The molecule has 0 aliphatic carbocycles. The van der Waals surface area contributed by atoms with E-state index in [0.717, 1.165) is 12.8 Å². The monoisotopic (exact) mass is 463 g/mol. The molecule has 1 N–H and O–H groups in total. The van der Waals surface area contributed by atoms with Gasteiger partial charge in [-0.1, -0.05) is 20.8 Å². The second-order valence-electron chi connectivity index (χ2n) is 9.48. The van der Waals surface area contributed by atoms with Gasteiger partial charge >= 0.3 is 0 Å². The summed E-state index contributed by atoms with van der Waals surface area (Å²) in [6, 6.07) is 0. The van der Waals surface area contributed by atoms with E-state index in [4.69, 9.17) is 9.57 Å². The zero-order valence-electron chi connectivity index (χ0n) is 20.6. The summed E-state index contributed by atoms with van der Waals surface area (Å²) in [5.74, 6) is 0.253. The van der Waals surface area contributed by atoms with E-state index in [2.05, 4.69) is 15.3 Å². The van der Waals surface area contributed by atoms with E-state index in [-0.39, 0.29) is 29.4 Å². The number of amides is 2. The predicted octanol–water partition coefficient (Wildman–Crippen LogP) is 1.91. The number of carbonyl (C=O) groups is 3. The van der Waals surface area contributed by atoms with E-state index in [1.54, 1.807) is 18.2 Å². The predicted molar refractivity (Wildman–Crippen MR) is 124 cm³/mol. The SMILES string of the molecule is COCCCNc1nc(C(C)(C)C)ncc1C(=O)CC1CC(C(=O)N(C)OC)CN(C=O)C1. The van der Waals surface area contributed by atoms with E-state index in [0.29, 0.717) is 49.9 Å². The molecule has 2 rings (SSSR count). The molecule has 0 saturated carbocycles. The summed E-state index contributed by atoms with van der Waals surface area (Å²) in [5, 5.41) is 4.42. The third-order valence-corrected chi connectivity index (χ3v) is 5.70. The molecule has 2 amide bonds. The molecule has 10 heteroatoms. The number of nitrogens with one attached hydrogen (secondary N) is 1. The standard InChI is InChI=1S/C23H37N5O5/c1-23(2,3)22-25-12-18(20(26-22)24-8-7-9-32-5)19(30)11-16-10-17(14-28(13-16)15-29)21(31)27(4)33-6/h12,15-17H,7-11,13-14H2,1-6H3,(H,24,25,26). The first-order valence-electron chi connectivity index (χ1n) is 11.2. The van der Waals surface area contributed by atoms with Crippen LogP contribution in [0.4, 0.5) is 5.82 Å². The zero-order chi connectivity index (χ0) is 24.6. The van der Waals surface area contributed by atoms with Crippen LogP contribution in [0.15, 0.2) is 6.20 Å². The fourth-order valence-corrected chi connectivity index (χ4v) is 3.88. The van der Waals surface area contributed by atoms with Gasteiger partial charge in [-0.15, -0.1) is 0 Å². The largest absolute Gasteiger partial charge is 0.385 e. The number of likely N-dealkylation sites (tertiary alicyclic amines) is 1. The number of piperidine rings is 1. The number of hydroxylamine groups is 2. The molecule has 1 aliphatic rings. The summed E-state index contributed by atoms with van der Waals surface area (Å²) in [7, 11) is 4.60. The molecule has 2 unspecified atom stereocenters. The highest BCUT2D eigenvalue weighted by atomic mass is 16.7. The minimum Gasteiger partial charge on any atom is -0.385 e. The average molecular weight is 464 g/mol. The number of anilines is 1. The smallest absolute Gasteiger partial charge is 0.250 e. The first-order chi connectivity index (χ1) is 15.6. The lowest BCUT2D eigenvalue weighted by Crippen LogP contribution is -2.46. The molecule has 0 bridgehead atoms. The molecule has 0 radical (unpaired) electrons. The topological polar surface area (TPSA) is 114 Å². The molecule has 1 saturated heterocycles. The number of hydrogen-bond donors (Lipinski definition) is 1. The van der Waals surface area contributed by atoms with Crippen molar-refractivity contribution in [1.82, 2.24) is 19.9 Å². The number of aromatic nitrogens is 2. The van der Waals surface area contributed by atoms with Gasteiger partial charge in [-0.05, 0) is 18.8 Å². The molecule has 2 heterocycles. The number of ketones is 1. The van der Waals surface area contributed by atoms with Crippen LogP contribution in [0.25, 0.3) is 0 Å². The zero-order valence-corrected chi connectivity index (χ0v) is 20.6. The molecule has 0 spiro atoms. The molecule has 1 fully saturated rings. The summed E-state index contributed by atoms with van der Waals surface area (Å²) in [6.07, 6.45) is 3.77. The molecule has 2 atom stereocenters. The van der Waals surface area contributed by atoms with Gasteiger partial charge in [-0.3, -0.25) is 19.2 Å². The average Bonchev–Trinajstić information content (AvgIpc) is 2.79. The summed E-state index contributed by atoms with van der Waals surface area (Å²) in [5.41, 5.74) is 0.153. The van der Waals surface area contributed by atoms with Crippen LogP contribution in [0, 0.1) is 11.8 Å². The maximum absolute atomic E-state index is 13.3. The highest BCUT2D eigenvalue weighted by Gasteiger charge is 2.34. The van der Waals surface area contributed by atoms with Crippen LogP contribution in [-0.4, -0.2) is 85.5 Å². The normalized spacial score (nSPS) is 18.7. The number of Topliss-reactive ketones (excluding diaryl/α,β-unsaturated/α-hetero) is 1. The van der Waals surface area contributed by atoms with E-state index in [9.17, 15) is 14.4 Å². The van der Waals surface area contributed by atoms with Crippen molar-refractivity contribution in [1.29, 1.82) is 0 Å². The Morgan fingerprint density at radius 2 is 2.03 bits per heavy atom. The van der Waals surface area contributed by atoms with Gasteiger partial charge in [-0.2, -0.15) is 0 Å². The van der Waals surface area contributed by atoms with Gasteiger partial charge in [-0.25, -0.2) is 15.0 Å². The fourth-order valence-electron chi connectivity index (χ4n) is 3.88. The van der Waals surface area contributed by atoms with Crippen LogP contribution in [-0.2, 0) is 24.6 Å². The van der Waals surface area contributed by atoms with Crippen LogP contribution in [0.1, 0.15) is 56.2 Å². The first-order valence-corrected chi connectivity index (χ1v) is 11.2. The van der Waals surface area contributed by atoms with Crippen LogP contribution in [0.2, 0.25) is 0 Å². The second-order valence-corrected chi connectivity index (χ2v) is 9.48. The number of methoxy groups -OCH3 is 1. The van der Waals surface area contributed by atoms with Crippen LogP contribution in [0.3, 0.4) is 0 Å². The molecule has 184 valence electrons. The Balaban J connectivity index is 2.20. The minimum atomic E-state index is -0.419.